The van der Waals surface area contributed by atoms with Gasteiger partial charge in [0.25, 0.3) is 0 Å². The average Bonchev–Trinajstić information content (AvgIpc) is 2.48. The molecule has 2 aromatic carbocycles. The maximum absolute atomic E-state index is 10.1. The number of aliphatic hydroxyl groups excluding tert-OH is 1. The summed E-state index contributed by atoms with van der Waals surface area (Å²) in [4.78, 5) is 0. The monoisotopic (exact) mass is 257 g/mol. The number of rotatable bonds is 6. The second kappa shape index (κ2) is 6.92. The summed E-state index contributed by atoms with van der Waals surface area (Å²) in [5.41, 5.74) is 2.10. The van der Waals surface area contributed by atoms with Crippen molar-refractivity contribution in [2.45, 2.75) is 12.6 Å². The van der Waals surface area contributed by atoms with Crippen LogP contribution in [-0.2, 0) is 6.54 Å². The fourth-order valence-corrected chi connectivity index (χ4v) is 1.89. The lowest BCUT2D eigenvalue weighted by Crippen LogP contribution is -2.20. The predicted molar refractivity (Wildman–Crippen MR) is 76.1 cm³/mol. The minimum atomic E-state index is -0.505. The van der Waals surface area contributed by atoms with Gasteiger partial charge in [-0.1, -0.05) is 42.5 Å². The van der Waals surface area contributed by atoms with E-state index in [0.717, 1.165) is 17.9 Å². The Hall–Kier alpha value is -1.84. The minimum Gasteiger partial charge on any atom is -0.497 e. The van der Waals surface area contributed by atoms with E-state index in [0.29, 0.717) is 6.54 Å². The van der Waals surface area contributed by atoms with Gasteiger partial charge in [0.05, 0.1) is 13.2 Å². The molecule has 2 aromatic rings. The second-order valence-electron chi connectivity index (χ2n) is 4.41. The third kappa shape index (κ3) is 4.09. The van der Waals surface area contributed by atoms with Crippen molar-refractivity contribution in [3.05, 3.63) is 65.7 Å². The van der Waals surface area contributed by atoms with Gasteiger partial charge < -0.3 is 15.2 Å². The van der Waals surface area contributed by atoms with Crippen LogP contribution in [0.1, 0.15) is 17.2 Å². The molecular formula is C16H19NO2. The molecule has 0 aliphatic rings. The third-order valence-corrected chi connectivity index (χ3v) is 3.01. The van der Waals surface area contributed by atoms with E-state index < -0.39 is 6.10 Å². The number of methoxy groups -OCH3 is 1. The van der Waals surface area contributed by atoms with E-state index in [9.17, 15) is 5.11 Å². The van der Waals surface area contributed by atoms with E-state index in [4.69, 9.17) is 4.74 Å². The fraction of sp³-hybridized carbons (Fsp3) is 0.250. The lowest BCUT2D eigenvalue weighted by molar-refractivity contribution is 0.174. The zero-order chi connectivity index (χ0) is 13.5. The molecule has 0 radical (unpaired) electrons. The molecule has 0 amide bonds. The first kappa shape index (κ1) is 13.6. The molecule has 1 unspecified atom stereocenters. The van der Waals surface area contributed by atoms with Crippen LogP contribution in [0.4, 0.5) is 0 Å². The van der Waals surface area contributed by atoms with Crippen LogP contribution in [0.2, 0.25) is 0 Å². The summed E-state index contributed by atoms with van der Waals surface area (Å²) in [5, 5.41) is 13.3. The first-order valence-corrected chi connectivity index (χ1v) is 6.36. The van der Waals surface area contributed by atoms with E-state index in [2.05, 4.69) is 17.4 Å². The van der Waals surface area contributed by atoms with Crippen LogP contribution in [0.15, 0.2) is 54.6 Å². The van der Waals surface area contributed by atoms with Gasteiger partial charge in [-0.25, -0.2) is 0 Å². The topological polar surface area (TPSA) is 41.5 Å². The number of hydrogen-bond acceptors (Lipinski definition) is 3. The van der Waals surface area contributed by atoms with Crippen molar-refractivity contribution in [2.75, 3.05) is 13.7 Å². The van der Waals surface area contributed by atoms with Crippen LogP contribution in [0.3, 0.4) is 0 Å². The molecule has 0 aliphatic heterocycles. The van der Waals surface area contributed by atoms with Crippen molar-refractivity contribution in [3.8, 4) is 5.75 Å². The molecule has 1 atom stereocenters. The summed E-state index contributed by atoms with van der Waals surface area (Å²) in [5.74, 6) is 0.799. The number of benzene rings is 2. The molecule has 3 nitrogen and oxygen atoms in total. The summed E-state index contributed by atoms with van der Waals surface area (Å²) >= 11 is 0. The van der Waals surface area contributed by atoms with Crippen molar-refractivity contribution in [1.29, 1.82) is 0 Å². The molecule has 3 heteroatoms. The molecule has 0 saturated carbocycles. The van der Waals surface area contributed by atoms with E-state index >= 15 is 0 Å². The molecule has 0 aromatic heterocycles. The van der Waals surface area contributed by atoms with Gasteiger partial charge in [-0.05, 0) is 23.3 Å². The number of nitrogens with one attached hydrogen (secondary N) is 1. The highest BCUT2D eigenvalue weighted by molar-refractivity contribution is 5.28. The van der Waals surface area contributed by atoms with Gasteiger partial charge in [0.1, 0.15) is 5.75 Å². The third-order valence-electron chi connectivity index (χ3n) is 3.01. The van der Waals surface area contributed by atoms with Crippen molar-refractivity contribution >= 4 is 0 Å². The maximum Gasteiger partial charge on any atom is 0.118 e. The van der Waals surface area contributed by atoms with Crippen LogP contribution in [0.5, 0.6) is 5.75 Å². The van der Waals surface area contributed by atoms with Crippen molar-refractivity contribution in [2.24, 2.45) is 0 Å². The second-order valence-corrected chi connectivity index (χ2v) is 4.41. The highest BCUT2D eigenvalue weighted by Crippen LogP contribution is 2.17. The quantitative estimate of drug-likeness (QED) is 0.835. The molecule has 2 rings (SSSR count). The largest absolute Gasteiger partial charge is 0.497 e. The van der Waals surface area contributed by atoms with Crippen molar-refractivity contribution < 1.29 is 9.84 Å². The van der Waals surface area contributed by atoms with Gasteiger partial charge in [0.2, 0.25) is 0 Å². The molecule has 2 N–H and O–H groups in total. The van der Waals surface area contributed by atoms with Crippen molar-refractivity contribution in [3.63, 3.8) is 0 Å². The van der Waals surface area contributed by atoms with Crippen LogP contribution < -0.4 is 10.1 Å². The Bertz CT molecular complexity index is 482. The molecule has 0 fully saturated rings. The predicted octanol–water partition coefficient (Wildman–Crippen LogP) is 2.52. The Morgan fingerprint density at radius 1 is 1.05 bits per heavy atom. The maximum atomic E-state index is 10.1. The summed E-state index contributed by atoms with van der Waals surface area (Å²) in [6, 6.07) is 17.6. The summed E-state index contributed by atoms with van der Waals surface area (Å²) in [6.07, 6.45) is -0.505. The first-order chi connectivity index (χ1) is 9.29. The fourth-order valence-electron chi connectivity index (χ4n) is 1.89. The van der Waals surface area contributed by atoms with E-state index in [1.54, 1.807) is 7.11 Å². The molecule has 19 heavy (non-hydrogen) atoms. The van der Waals surface area contributed by atoms with E-state index in [-0.39, 0.29) is 0 Å². The Balaban J connectivity index is 1.82. The summed E-state index contributed by atoms with van der Waals surface area (Å²) < 4.78 is 5.09. The van der Waals surface area contributed by atoms with Gasteiger partial charge in [-0.2, -0.15) is 0 Å². The lowest BCUT2D eigenvalue weighted by atomic mass is 10.1. The normalized spacial score (nSPS) is 12.1. The molecule has 0 saturated heterocycles. The zero-order valence-electron chi connectivity index (χ0n) is 11.0. The standard InChI is InChI=1S/C16H19NO2/c1-19-15-9-7-14(8-10-15)16(18)12-17-11-13-5-3-2-4-6-13/h2-10,16-18H,11-12H2,1H3. The SMILES string of the molecule is COc1ccc(C(O)CNCc2ccccc2)cc1. The number of aliphatic hydroxyl groups is 1. The Labute approximate surface area is 113 Å². The highest BCUT2D eigenvalue weighted by Gasteiger charge is 2.06. The summed E-state index contributed by atoms with van der Waals surface area (Å²) in [6.45, 7) is 1.29. The van der Waals surface area contributed by atoms with Gasteiger partial charge >= 0.3 is 0 Å². The Morgan fingerprint density at radius 3 is 2.37 bits per heavy atom. The molecular weight excluding hydrogens is 238 g/mol. The van der Waals surface area contributed by atoms with Crippen molar-refractivity contribution in [1.82, 2.24) is 5.32 Å². The van der Waals surface area contributed by atoms with Crippen LogP contribution >= 0.6 is 0 Å². The van der Waals surface area contributed by atoms with Gasteiger partial charge in [-0.3, -0.25) is 0 Å². The first-order valence-electron chi connectivity index (χ1n) is 6.36. The smallest absolute Gasteiger partial charge is 0.118 e. The lowest BCUT2D eigenvalue weighted by Gasteiger charge is -2.12. The summed E-state index contributed by atoms with van der Waals surface area (Å²) in [7, 11) is 1.63. The van der Waals surface area contributed by atoms with E-state index in [1.807, 2.05) is 42.5 Å². The minimum absolute atomic E-state index is 0.505. The zero-order valence-corrected chi connectivity index (χ0v) is 11.0. The molecule has 0 heterocycles. The molecule has 0 aliphatic carbocycles. The molecule has 0 bridgehead atoms. The molecule has 0 spiro atoms. The average molecular weight is 257 g/mol. The van der Waals surface area contributed by atoms with E-state index in [1.165, 1.54) is 5.56 Å². The van der Waals surface area contributed by atoms with Gasteiger partial charge in [0, 0.05) is 13.1 Å². The number of hydrogen-bond donors (Lipinski definition) is 2. The highest BCUT2D eigenvalue weighted by atomic mass is 16.5. The van der Waals surface area contributed by atoms with Crippen LogP contribution in [-0.4, -0.2) is 18.8 Å². The molecule has 100 valence electrons. The van der Waals surface area contributed by atoms with Crippen LogP contribution in [0, 0.1) is 0 Å². The van der Waals surface area contributed by atoms with Gasteiger partial charge in [-0.15, -0.1) is 0 Å². The Morgan fingerprint density at radius 2 is 1.74 bits per heavy atom. The number of ether oxygens (including phenoxy) is 1. The van der Waals surface area contributed by atoms with Crippen LogP contribution in [0.25, 0.3) is 0 Å². The van der Waals surface area contributed by atoms with Gasteiger partial charge in [0.15, 0.2) is 0 Å². The Kier molecular flexibility index (Phi) is 4.95.